The average molecular weight is 359 g/mol. The molecule has 2 saturated heterocycles. The van der Waals surface area contributed by atoms with Crippen molar-refractivity contribution in [3.8, 4) is 0 Å². The van der Waals surface area contributed by atoms with Crippen LogP contribution in [0.3, 0.4) is 0 Å². The SMILES string of the molecule is CS(=O)(=O)NCCC(=O)N[C@@H]1CN(C2CCOCC2)C[C@H]1C1CC1. The molecule has 0 aromatic carbocycles. The number of hydrogen-bond acceptors (Lipinski definition) is 5. The Morgan fingerprint density at radius 3 is 2.50 bits per heavy atom. The largest absolute Gasteiger partial charge is 0.381 e. The Labute approximate surface area is 144 Å². The lowest BCUT2D eigenvalue weighted by Gasteiger charge is -2.31. The lowest BCUT2D eigenvalue weighted by atomic mass is 9.98. The van der Waals surface area contributed by atoms with Crippen LogP contribution >= 0.6 is 0 Å². The molecule has 0 aromatic heterocycles. The number of nitrogens with zero attached hydrogens (tertiary/aromatic N) is 1. The molecule has 3 rings (SSSR count). The molecule has 7 nitrogen and oxygen atoms in total. The van der Waals surface area contributed by atoms with E-state index in [1.165, 1.54) is 12.8 Å². The molecule has 1 saturated carbocycles. The van der Waals surface area contributed by atoms with Gasteiger partial charge in [0.15, 0.2) is 0 Å². The van der Waals surface area contributed by atoms with Crippen molar-refractivity contribution < 1.29 is 17.9 Å². The molecule has 0 aromatic rings. The highest BCUT2D eigenvalue weighted by atomic mass is 32.2. The van der Waals surface area contributed by atoms with Crippen molar-refractivity contribution in [3.63, 3.8) is 0 Å². The summed E-state index contributed by atoms with van der Waals surface area (Å²) < 4.78 is 30.0. The predicted molar refractivity (Wildman–Crippen MR) is 91.0 cm³/mol. The van der Waals surface area contributed by atoms with Crippen LogP contribution in [0.2, 0.25) is 0 Å². The maximum atomic E-state index is 12.2. The van der Waals surface area contributed by atoms with Crippen molar-refractivity contribution in [2.45, 2.75) is 44.2 Å². The van der Waals surface area contributed by atoms with Crippen LogP contribution in [0, 0.1) is 11.8 Å². The van der Waals surface area contributed by atoms with Gasteiger partial charge in [0.25, 0.3) is 0 Å². The van der Waals surface area contributed by atoms with Crippen molar-refractivity contribution >= 4 is 15.9 Å². The average Bonchev–Trinajstić information content (AvgIpc) is 3.28. The maximum Gasteiger partial charge on any atom is 0.221 e. The first kappa shape index (κ1) is 18.1. The van der Waals surface area contributed by atoms with Gasteiger partial charge in [-0.05, 0) is 37.5 Å². The second-order valence-electron chi connectivity index (χ2n) is 7.39. The van der Waals surface area contributed by atoms with E-state index in [9.17, 15) is 13.2 Å². The summed E-state index contributed by atoms with van der Waals surface area (Å²) in [5.74, 6) is 1.23. The van der Waals surface area contributed by atoms with Gasteiger partial charge in [0, 0.05) is 51.4 Å². The Bertz CT molecular complexity index is 544. The van der Waals surface area contributed by atoms with E-state index in [0.717, 1.165) is 51.3 Å². The van der Waals surface area contributed by atoms with E-state index in [0.29, 0.717) is 12.0 Å². The summed E-state index contributed by atoms with van der Waals surface area (Å²) in [5.41, 5.74) is 0. The minimum absolute atomic E-state index is 0.0596. The number of ether oxygens (including phenoxy) is 1. The highest BCUT2D eigenvalue weighted by molar-refractivity contribution is 7.88. The Morgan fingerprint density at radius 2 is 1.88 bits per heavy atom. The number of hydrogen-bond donors (Lipinski definition) is 2. The van der Waals surface area contributed by atoms with Gasteiger partial charge >= 0.3 is 0 Å². The molecule has 0 unspecified atom stereocenters. The summed E-state index contributed by atoms with van der Waals surface area (Å²) in [6.45, 7) is 3.82. The number of nitrogens with one attached hydrogen (secondary N) is 2. The quantitative estimate of drug-likeness (QED) is 0.664. The van der Waals surface area contributed by atoms with Crippen molar-refractivity contribution in [1.29, 1.82) is 0 Å². The zero-order valence-corrected chi connectivity index (χ0v) is 15.2. The zero-order chi connectivity index (χ0) is 17.2. The molecule has 2 N–H and O–H groups in total. The standard InChI is InChI=1S/C16H29N3O4S/c1-24(21,22)17-7-4-16(20)18-15-11-19(10-14(15)12-2-3-12)13-5-8-23-9-6-13/h12-15,17H,2-11H2,1H3,(H,18,20)/t14-,15+/m0/s1. The lowest BCUT2D eigenvalue weighted by Crippen LogP contribution is -2.43. The number of likely N-dealkylation sites (tertiary alicyclic amines) is 1. The normalized spacial score (nSPS) is 29.7. The lowest BCUT2D eigenvalue weighted by molar-refractivity contribution is -0.121. The molecule has 2 heterocycles. The van der Waals surface area contributed by atoms with Gasteiger partial charge in [0.05, 0.1) is 6.26 Å². The summed E-state index contributed by atoms with van der Waals surface area (Å²) in [4.78, 5) is 14.7. The molecular weight excluding hydrogens is 330 g/mol. The van der Waals surface area contributed by atoms with Crippen molar-refractivity contribution in [2.24, 2.45) is 11.8 Å². The zero-order valence-electron chi connectivity index (χ0n) is 14.4. The number of sulfonamides is 1. The molecule has 1 amide bonds. The molecule has 3 aliphatic rings. The van der Waals surface area contributed by atoms with Crippen LogP contribution in [0.1, 0.15) is 32.1 Å². The first-order valence-corrected chi connectivity index (χ1v) is 10.9. The van der Waals surface area contributed by atoms with E-state index in [-0.39, 0.29) is 24.9 Å². The fourth-order valence-corrected chi connectivity index (χ4v) is 4.47. The van der Waals surface area contributed by atoms with E-state index in [1.807, 2.05) is 0 Å². The molecule has 24 heavy (non-hydrogen) atoms. The Hall–Kier alpha value is -0.700. The van der Waals surface area contributed by atoms with Crippen LogP contribution in [0.4, 0.5) is 0 Å². The van der Waals surface area contributed by atoms with Gasteiger partial charge in [-0.25, -0.2) is 13.1 Å². The molecule has 138 valence electrons. The monoisotopic (exact) mass is 359 g/mol. The Balaban J connectivity index is 1.50. The molecule has 8 heteroatoms. The molecular formula is C16H29N3O4S. The van der Waals surface area contributed by atoms with Crippen molar-refractivity contribution in [2.75, 3.05) is 39.1 Å². The van der Waals surface area contributed by atoms with Crippen LogP contribution in [0.15, 0.2) is 0 Å². The molecule has 2 aliphatic heterocycles. The van der Waals surface area contributed by atoms with Crippen molar-refractivity contribution in [3.05, 3.63) is 0 Å². The fraction of sp³-hybridized carbons (Fsp3) is 0.938. The second kappa shape index (κ2) is 7.68. The van der Waals surface area contributed by atoms with Crippen LogP contribution in [0.5, 0.6) is 0 Å². The van der Waals surface area contributed by atoms with Crippen LogP contribution in [0.25, 0.3) is 0 Å². The van der Waals surface area contributed by atoms with Gasteiger partial charge in [0.1, 0.15) is 0 Å². The van der Waals surface area contributed by atoms with Gasteiger partial charge in [-0.15, -0.1) is 0 Å². The van der Waals surface area contributed by atoms with Crippen molar-refractivity contribution in [1.82, 2.24) is 14.9 Å². The minimum Gasteiger partial charge on any atom is -0.381 e. The number of carbonyl (C=O) groups is 1. The van der Waals surface area contributed by atoms with Gasteiger partial charge in [-0.1, -0.05) is 0 Å². The smallest absolute Gasteiger partial charge is 0.221 e. The second-order valence-corrected chi connectivity index (χ2v) is 9.22. The third-order valence-corrected chi connectivity index (χ3v) is 6.12. The summed E-state index contributed by atoms with van der Waals surface area (Å²) in [5, 5.41) is 3.16. The topological polar surface area (TPSA) is 87.7 Å². The van der Waals surface area contributed by atoms with E-state index in [2.05, 4.69) is 14.9 Å². The Kier molecular flexibility index (Phi) is 5.79. The predicted octanol–water partition coefficient (Wildman–Crippen LogP) is -0.0687. The van der Waals surface area contributed by atoms with Gasteiger partial charge in [0.2, 0.25) is 15.9 Å². The summed E-state index contributed by atoms with van der Waals surface area (Å²) in [6, 6.07) is 0.778. The molecule has 0 radical (unpaired) electrons. The number of amides is 1. The van der Waals surface area contributed by atoms with E-state index in [4.69, 9.17) is 4.74 Å². The van der Waals surface area contributed by atoms with E-state index >= 15 is 0 Å². The van der Waals surface area contributed by atoms with Gasteiger partial charge < -0.3 is 10.1 Å². The van der Waals surface area contributed by atoms with Crippen LogP contribution in [-0.4, -0.2) is 70.4 Å². The maximum absolute atomic E-state index is 12.2. The summed E-state index contributed by atoms with van der Waals surface area (Å²) >= 11 is 0. The van der Waals surface area contributed by atoms with E-state index < -0.39 is 10.0 Å². The van der Waals surface area contributed by atoms with Gasteiger partial charge in [-0.3, -0.25) is 9.69 Å². The summed E-state index contributed by atoms with van der Waals surface area (Å²) in [7, 11) is -3.23. The molecule has 0 spiro atoms. The fourth-order valence-electron chi connectivity index (χ4n) is 3.99. The molecule has 1 aliphatic carbocycles. The highest BCUT2D eigenvalue weighted by Crippen LogP contribution is 2.42. The third-order valence-electron chi connectivity index (χ3n) is 5.39. The minimum atomic E-state index is -3.23. The Morgan fingerprint density at radius 1 is 1.17 bits per heavy atom. The van der Waals surface area contributed by atoms with Gasteiger partial charge in [-0.2, -0.15) is 0 Å². The molecule has 0 bridgehead atoms. The van der Waals surface area contributed by atoms with E-state index in [1.54, 1.807) is 0 Å². The molecule has 2 atom stereocenters. The summed E-state index contributed by atoms with van der Waals surface area (Å²) in [6.07, 6.45) is 6.00. The molecule has 3 fully saturated rings. The number of carbonyl (C=O) groups excluding carboxylic acids is 1. The first-order chi connectivity index (χ1) is 11.4. The first-order valence-electron chi connectivity index (χ1n) is 8.98. The van der Waals surface area contributed by atoms with Crippen LogP contribution in [-0.2, 0) is 19.6 Å². The number of rotatable bonds is 7. The third kappa shape index (κ3) is 5.15. The van der Waals surface area contributed by atoms with Crippen LogP contribution < -0.4 is 10.0 Å². The highest BCUT2D eigenvalue weighted by Gasteiger charge is 2.44.